The number of ketones is 1. The summed E-state index contributed by atoms with van der Waals surface area (Å²) in [5.41, 5.74) is 2.12. The molecule has 4 rings (SSSR count). The molecule has 2 heterocycles. The third kappa shape index (κ3) is 4.61. The molecule has 35 heavy (non-hydrogen) atoms. The first-order chi connectivity index (χ1) is 16.9. The van der Waals surface area contributed by atoms with E-state index in [9.17, 15) is 19.1 Å². The Morgan fingerprint density at radius 1 is 1.09 bits per heavy atom. The van der Waals surface area contributed by atoms with Crippen LogP contribution in [-0.4, -0.2) is 62.6 Å². The summed E-state index contributed by atoms with van der Waals surface area (Å²) in [6.45, 7) is 8.24. The minimum Gasteiger partial charge on any atom is -0.507 e. The van der Waals surface area contributed by atoms with Gasteiger partial charge in [-0.25, -0.2) is 9.07 Å². The van der Waals surface area contributed by atoms with Crippen molar-refractivity contribution in [3.8, 4) is 5.69 Å². The monoisotopic (exact) mass is 476 g/mol. The van der Waals surface area contributed by atoms with Crippen LogP contribution in [0.4, 0.5) is 4.39 Å². The maximum absolute atomic E-state index is 14.2. The molecule has 1 atom stereocenters. The third-order valence-corrected chi connectivity index (χ3v) is 6.52. The van der Waals surface area contributed by atoms with Gasteiger partial charge >= 0.3 is 0 Å². The predicted molar refractivity (Wildman–Crippen MR) is 131 cm³/mol. The zero-order valence-corrected chi connectivity index (χ0v) is 20.1. The Kier molecular flexibility index (Phi) is 7.12. The molecule has 1 aliphatic rings. The van der Waals surface area contributed by atoms with Gasteiger partial charge in [-0.05, 0) is 49.8 Å². The topological polar surface area (TPSA) is 78.7 Å². The Hall–Kier alpha value is -3.78. The van der Waals surface area contributed by atoms with Crippen LogP contribution in [0.1, 0.15) is 36.7 Å². The lowest BCUT2D eigenvalue weighted by Crippen LogP contribution is -2.38. The van der Waals surface area contributed by atoms with E-state index in [0.29, 0.717) is 23.4 Å². The molecule has 0 saturated carbocycles. The first kappa shape index (κ1) is 24.3. The maximum Gasteiger partial charge on any atom is 0.295 e. The summed E-state index contributed by atoms with van der Waals surface area (Å²) in [6, 6.07) is 14.3. The molecule has 182 valence electrons. The smallest absolute Gasteiger partial charge is 0.295 e. The van der Waals surface area contributed by atoms with E-state index in [0.717, 1.165) is 18.8 Å². The van der Waals surface area contributed by atoms with Gasteiger partial charge in [0.15, 0.2) is 0 Å². The van der Waals surface area contributed by atoms with E-state index in [-0.39, 0.29) is 17.9 Å². The van der Waals surface area contributed by atoms with E-state index in [2.05, 4.69) is 10.00 Å². The molecule has 1 saturated heterocycles. The van der Waals surface area contributed by atoms with Crippen LogP contribution in [0.3, 0.4) is 0 Å². The summed E-state index contributed by atoms with van der Waals surface area (Å²) in [5.74, 6) is -2.29. The van der Waals surface area contributed by atoms with Gasteiger partial charge in [-0.15, -0.1) is 0 Å². The molecule has 7 nitrogen and oxygen atoms in total. The van der Waals surface area contributed by atoms with Gasteiger partial charge in [-0.3, -0.25) is 9.59 Å². The summed E-state index contributed by atoms with van der Waals surface area (Å²) in [5, 5.41) is 15.7. The van der Waals surface area contributed by atoms with E-state index in [1.165, 1.54) is 29.3 Å². The van der Waals surface area contributed by atoms with Gasteiger partial charge in [0, 0.05) is 13.1 Å². The zero-order chi connectivity index (χ0) is 25.1. The number of aliphatic hydroxyl groups is 1. The van der Waals surface area contributed by atoms with Gasteiger partial charge in [0.2, 0.25) is 0 Å². The second-order valence-electron chi connectivity index (χ2n) is 8.47. The molecule has 1 amide bonds. The van der Waals surface area contributed by atoms with Crippen LogP contribution < -0.4 is 0 Å². The van der Waals surface area contributed by atoms with Crippen LogP contribution in [0.5, 0.6) is 0 Å². The lowest BCUT2D eigenvalue weighted by atomic mass is 9.95. The molecule has 2 aromatic carbocycles. The first-order valence-electron chi connectivity index (χ1n) is 11.7. The molecule has 0 radical (unpaired) electrons. The van der Waals surface area contributed by atoms with E-state index < -0.39 is 23.5 Å². The van der Waals surface area contributed by atoms with Gasteiger partial charge in [0.25, 0.3) is 11.7 Å². The Morgan fingerprint density at radius 3 is 2.46 bits per heavy atom. The van der Waals surface area contributed by atoms with Crippen molar-refractivity contribution in [2.75, 3.05) is 26.2 Å². The standard InChI is InChI=1S/C27H29FN4O3/c1-4-30(5-2)14-15-31-24(19-10-9-11-20(28)16-19)23(26(34)27(31)35)25(33)22-17-29-32(18(22)3)21-12-7-6-8-13-21/h6-13,16-17,24,33H,4-5,14-15H2,1-3H3/t24-/m1/s1. The molecule has 1 aromatic heterocycles. The van der Waals surface area contributed by atoms with Gasteiger partial charge in [-0.2, -0.15) is 5.10 Å². The fourth-order valence-corrected chi connectivity index (χ4v) is 4.54. The van der Waals surface area contributed by atoms with E-state index in [1.54, 1.807) is 17.7 Å². The highest BCUT2D eigenvalue weighted by molar-refractivity contribution is 6.46. The van der Waals surface area contributed by atoms with Gasteiger partial charge in [0.1, 0.15) is 11.6 Å². The minimum atomic E-state index is -0.902. The fourth-order valence-electron chi connectivity index (χ4n) is 4.54. The highest BCUT2D eigenvalue weighted by Gasteiger charge is 2.46. The number of nitrogens with zero attached hydrogens (tertiary/aromatic N) is 4. The second-order valence-corrected chi connectivity index (χ2v) is 8.47. The summed E-state index contributed by atoms with van der Waals surface area (Å²) < 4.78 is 15.8. The predicted octanol–water partition coefficient (Wildman–Crippen LogP) is 4.08. The number of carbonyl (C=O) groups excluding carboxylic acids is 2. The third-order valence-electron chi connectivity index (χ3n) is 6.52. The number of benzene rings is 2. The van der Waals surface area contributed by atoms with E-state index in [4.69, 9.17) is 0 Å². The summed E-state index contributed by atoms with van der Waals surface area (Å²) in [4.78, 5) is 29.9. The highest BCUT2D eigenvalue weighted by atomic mass is 19.1. The number of aromatic nitrogens is 2. The largest absolute Gasteiger partial charge is 0.507 e. The number of para-hydroxylation sites is 1. The zero-order valence-electron chi connectivity index (χ0n) is 20.1. The molecule has 8 heteroatoms. The average molecular weight is 477 g/mol. The second kappa shape index (κ2) is 10.2. The number of likely N-dealkylation sites (tertiary alicyclic amines) is 1. The summed E-state index contributed by atoms with van der Waals surface area (Å²) in [7, 11) is 0. The van der Waals surface area contributed by atoms with Crippen molar-refractivity contribution in [1.82, 2.24) is 19.6 Å². The Morgan fingerprint density at radius 2 is 1.80 bits per heavy atom. The molecule has 3 aromatic rings. The molecule has 0 aliphatic carbocycles. The average Bonchev–Trinajstić information content (AvgIpc) is 3.37. The van der Waals surface area contributed by atoms with E-state index >= 15 is 0 Å². The Bertz CT molecular complexity index is 1260. The number of hydrogen-bond acceptors (Lipinski definition) is 5. The number of likely N-dealkylation sites (N-methyl/N-ethyl adjacent to an activating group) is 1. The number of rotatable bonds is 8. The Balaban J connectivity index is 1.82. The van der Waals surface area contributed by atoms with Crippen molar-refractivity contribution >= 4 is 17.4 Å². The van der Waals surface area contributed by atoms with Crippen LogP contribution >= 0.6 is 0 Å². The van der Waals surface area contributed by atoms with Crippen molar-refractivity contribution in [1.29, 1.82) is 0 Å². The fraction of sp³-hybridized carbons (Fsp3) is 0.296. The van der Waals surface area contributed by atoms with Crippen molar-refractivity contribution in [2.45, 2.75) is 26.8 Å². The van der Waals surface area contributed by atoms with E-state index in [1.807, 2.05) is 44.2 Å². The summed E-state index contributed by atoms with van der Waals surface area (Å²) >= 11 is 0. The van der Waals surface area contributed by atoms with Gasteiger partial charge < -0.3 is 14.9 Å². The van der Waals surface area contributed by atoms with Crippen molar-refractivity contribution in [3.05, 3.63) is 89.0 Å². The SMILES string of the molecule is CCN(CC)CCN1C(=O)C(=O)C(=C(O)c2cnn(-c3ccccc3)c2C)[C@H]1c1cccc(F)c1. The lowest BCUT2D eigenvalue weighted by Gasteiger charge is -2.28. The molecule has 1 aliphatic heterocycles. The number of hydrogen-bond donors (Lipinski definition) is 1. The maximum atomic E-state index is 14.2. The highest BCUT2D eigenvalue weighted by Crippen LogP contribution is 2.40. The van der Waals surface area contributed by atoms with Crippen molar-refractivity contribution in [3.63, 3.8) is 0 Å². The number of carbonyl (C=O) groups is 2. The normalized spacial score (nSPS) is 17.5. The van der Waals surface area contributed by atoms with Crippen LogP contribution in [0.15, 0.2) is 66.4 Å². The van der Waals surface area contributed by atoms with Crippen molar-refractivity contribution < 1.29 is 19.1 Å². The molecule has 1 fully saturated rings. The van der Waals surface area contributed by atoms with Crippen LogP contribution in [-0.2, 0) is 9.59 Å². The van der Waals surface area contributed by atoms with Crippen LogP contribution in [0.25, 0.3) is 11.4 Å². The van der Waals surface area contributed by atoms with Crippen LogP contribution in [0.2, 0.25) is 0 Å². The van der Waals surface area contributed by atoms with Gasteiger partial charge in [0.05, 0.1) is 34.8 Å². The quantitative estimate of drug-likeness (QED) is 0.301. The number of amides is 1. The Labute approximate surface area is 204 Å². The molecule has 0 spiro atoms. The molecular weight excluding hydrogens is 447 g/mol. The minimum absolute atomic E-state index is 0.0594. The molecule has 0 unspecified atom stereocenters. The molecular formula is C27H29FN4O3. The number of Topliss-reactive ketones (excluding diaryl/α,β-unsaturated/α-hetero) is 1. The lowest BCUT2D eigenvalue weighted by molar-refractivity contribution is -0.140. The van der Waals surface area contributed by atoms with Crippen molar-refractivity contribution in [2.24, 2.45) is 0 Å². The van der Waals surface area contributed by atoms with Gasteiger partial charge in [-0.1, -0.05) is 44.2 Å². The molecule has 0 bridgehead atoms. The van der Waals surface area contributed by atoms with Crippen LogP contribution in [0, 0.1) is 12.7 Å². The number of halogens is 1. The number of aliphatic hydroxyl groups excluding tert-OH is 1. The molecule has 1 N–H and O–H groups in total. The first-order valence-corrected chi connectivity index (χ1v) is 11.7. The summed E-state index contributed by atoms with van der Waals surface area (Å²) in [6.07, 6.45) is 1.48.